The number of likely N-dealkylation sites (tertiary alicyclic amines) is 1. The van der Waals surface area contributed by atoms with Crippen molar-refractivity contribution in [2.75, 3.05) is 13.1 Å². The Balaban J connectivity index is 2.25. The molecule has 1 aromatic rings. The summed E-state index contributed by atoms with van der Waals surface area (Å²) in [5.74, 6) is -1.14. The number of hydrogen-bond acceptors (Lipinski definition) is 1. The summed E-state index contributed by atoms with van der Waals surface area (Å²) in [6.45, 7) is 2.13. The van der Waals surface area contributed by atoms with Crippen molar-refractivity contribution in [3.8, 4) is 0 Å². The third-order valence-electron chi connectivity index (χ3n) is 2.47. The summed E-state index contributed by atoms with van der Waals surface area (Å²) in [7, 11) is 0. The van der Waals surface area contributed by atoms with Crippen LogP contribution in [0.3, 0.4) is 0 Å². The second-order valence-corrected chi connectivity index (χ2v) is 3.86. The van der Waals surface area contributed by atoms with Gasteiger partial charge in [-0.2, -0.15) is 0 Å². The molecule has 1 nitrogen and oxygen atoms in total. The van der Waals surface area contributed by atoms with Gasteiger partial charge in [0.15, 0.2) is 0 Å². The quantitative estimate of drug-likeness (QED) is 0.689. The van der Waals surface area contributed by atoms with Crippen molar-refractivity contribution in [3.05, 3.63) is 34.4 Å². The van der Waals surface area contributed by atoms with Gasteiger partial charge in [0, 0.05) is 12.1 Å². The molecule has 0 aliphatic carbocycles. The maximum atomic E-state index is 13.4. The zero-order chi connectivity index (χ0) is 10.1. The number of benzene rings is 1. The molecule has 0 N–H and O–H groups in total. The summed E-state index contributed by atoms with van der Waals surface area (Å²) in [5, 5.41) is -0.0121. The van der Waals surface area contributed by atoms with Gasteiger partial charge in [-0.15, -0.1) is 0 Å². The smallest absolute Gasteiger partial charge is 0.149 e. The van der Waals surface area contributed by atoms with Crippen LogP contribution in [0.5, 0.6) is 0 Å². The molecule has 14 heavy (non-hydrogen) atoms. The molecule has 1 aliphatic heterocycles. The van der Waals surface area contributed by atoms with E-state index in [0.717, 1.165) is 19.5 Å². The summed E-state index contributed by atoms with van der Waals surface area (Å²) in [5.41, 5.74) is 0.0807. The first-order valence-electron chi connectivity index (χ1n) is 4.53. The summed E-state index contributed by atoms with van der Waals surface area (Å²) in [6, 6.07) is 2.45. The number of hydrogen-bond donors (Lipinski definition) is 0. The maximum absolute atomic E-state index is 13.4. The molecule has 2 rings (SSSR count). The minimum Gasteiger partial charge on any atom is -0.299 e. The zero-order valence-corrected chi connectivity index (χ0v) is 8.32. The Bertz CT molecular complexity index is 350. The first-order valence-corrected chi connectivity index (χ1v) is 4.91. The lowest BCUT2D eigenvalue weighted by atomic mass is 10.1. The lowest BCUT2D eigenvalue weighted by molar-refractivity contribution is 0.168. The van der Waals surface area contributed by atoms with E-state index in [1.165, 1.54) is 12.1 Å². The summed E-state index contributed by atoms with van der Waals surface area (Å²) < 4.78 is 26.6. The van der Waals surface area contributed by atoms with Crippen molar-refractivity contribution in [2.24, 2.45) is 0 Å². The van der Waals surface area contributed by atoms with Crippen LogP contribution in [0.1, 0.15) is 12.0 Å². The van der Waals surface area contributed by atoms with E-state index in [2.05, 4.69) is 0 Å². The van der Waals surface area contributed by atoms with E-state index in [1.54, 1.807) is 0 Å². The Kier molecular flexibility index (Phi) is 2.70. The third kappa shape index (κ3) is 1.74. The van der Waals surface area contributed by atoms with Crippen molar-refractivity contribution < 1.29 is 8.78 Å². The van der Waals surface area contributed by atoms with E-state index in [1.807, 2.05) is 4.90 Å². The molecular formula is C10H10ClF2N. The monoisotopic (exact) mass is 217 g/mol. The molecule has 0 bridgehead atoms. The lowest BCUT2D eigenvalue weighted by Crippen LogP contribution is -2.36. The van der Waals surface area contributed by atoms with Crippen LogP contribution in [-0.4, -0.2) is 18.0 Å². The van der Waals surface area contributed by atoms with Crippen molar-refractivity contribution in [1.29, 1.82) is 0 Å². The first-order chi connectivity index (χ1) is 6.68. The SMILES string of the molecule is Fc1ccc(Cl)c(F)c1CN1CCC1. The van der Waals surface area contributed by atoms with Gasteiger partial charge >= 0.3 is 0 Å². The topological polar surface area (TPSA) is 3.24 Å². The Hall–Kier alpha value is -0.670. The molecule has 0 saturated carbocycles. The zero-order valence-electron chi connectivity index (χ0n) is 7.56. The summed E-state index contributed by atoms with van der Waals surface area (Å²) >= 11 is 5.57. The van der Waals surface area contributed by atoms with Gasteiger partial charge < -0.3 is 0 Å². The van der Waals surface area contributed by atoms with Crippen LogP contribution in [0.4, 0.5) is 8.78 Å². The molecule has 0 atom stereocenters. The highest BCUT2D eigenvalue weighted by atomic mass is 35.5. The van der Waals surface area contributed by atoms with Crippen LogP contribution < -0.4 is 0 Å². The van der Waals surface area contributed by atoms with Crippen LogP contribution in [0.15, 0.2) is 12.1 Å². The molecule has 0 spiro atoms. The molecule has 0 amide bonds. The molecular weight excluding hydrogens is 208 g/mol. The molecule has 0 unspecified atom stereocenters. The van der Waals surface area contributed by atoms with Gasteiger partial charge in [-0.25, -0.2) is 8.78 Å². The van der Waals surface area contributed by atoms with E-state index >= 15 is 0 Å². The van der Waals surface area contributed by atoms with Gasteiger partial charge in [-0.3, -0.25) is 4.90 Å². The third-order valence-corrected chi connectivity index (χ3v) is 2.76. The molecule has 1 heterocycles. The molecule has 1 aliphatic rings. The summed E-state index contributed by atoms with van der Waals surface area (Å²) in [6.07, 6.45) is 1.10. The van der Waals surface area contributed by atoms with Crippen molar-refractivity contribution in [2.45, 2.75) is 13.0 Å². The summed E-state index contributed by atoms with van der Waals surface area (Å²) in [4.78, 5) is 1.98. The van der Waals surface area contributed by atoms with Crippen LogP contribution in [0.2, 0.25) is 5.02 Å². The predicted molar refractivity (Wildman–Crippen MR) is 51.3 cm³/mol. The van der Waals surface area contributed by atoms with Crippen molar-refractivity contribution >= 4 is 11.6 Å². The highest BCUT2D eigenvalue weighted by Gasteiger charge is 2.19. The minimum atomic E-state index is -0.626. The van der Waals surface area contributed by atoms with Gasteiger partial charge in [0.2, 0.25) is 0 Å². The first kappa shape index (κ1) is 9.87. The molecule has 1 aromatic carbocycles. The van der Waals surface area contributed by atoms with E-state index < -0.39 is 11.6 Å². The average Bonchev–Trinajstić information content (AvgIpc) is 2.09. The van der Waals surface area contributed by atoms with Crippen LogP contribution in [-0.2, 0) is 6.54 Å². The Morgan fingerprint density at radius 1 is 1.29 bits per heavy atom. The van der Waals surface area contributed by atoms with E-state index in [-0.39, 0.29) is 10.6 Å². The Labute approximate surface area is 86.3 Å². The number of nitrogens with zero attached hydrogens (tertiary/aromatic N) is 1. The van der Waals surface area contributed by atoms with Gasteiger partial charge in [0.05, 0.1) is 5.02 Å². The second-order valence-electron chi connectivity index (χ2n) is 3.45. The average molecular weight is 218 g/mol. The highest BCUT2D eigenvalue weighted by molar-refractivity contribution is 6.30. The van der Waals surface area contributed by atoms with Crippen LogP contribution in [0.25, 0.3) is 0 Å². The fraction of sp³-hybridized carbons (Fsp3) is 0.400. The standard InChI is InChI=1S/C10H10ClF2N/c11-8-2-3-9(12)7(10(8)13)6-14-4-1-5-14/h2-3H,1,4-6H2. The van der Waals surface area contributed by atoms with Crippen LogP contribution in [0, 0.1) is 11.6 Å². The Morgan fingerprint density at radius 2 is 2.00 bits per heavy atom. The molecule has 1 saturated heterocycles. The molecule has 0 aromatic heterocycles. The van der Waals surface area contributed by atoms with Crippen molar-refractivity contribution in [3.63, 3.8) is 0 Å². The normalized spacial score (nSPS) is 16.8. The van der Waals surface area contributed by atoms with Gasteiger partial charge in [-0.1, -0.05) is 11.6 Å². The Morgan fingerprint density at radius 3 is 2.57 bits per heavy atom. The molecule has 76 valence electrons. The van der Waals surface area contributed by atoms with E-state index in [0.29, 0.717) is 6.54 Å². The fourth-order valence-electron chi connectivity index (χ4n) is 1.48. The highest BCUT2D eigenvalue weighted by Crippen LogP contribution is 2.23. The second kappa shape index (κ2) is 3.83. The van der Waals surface area contributed by atoms with Crippen LogP contribution >= 0.6 is 11.6 Å². The minimum absolute atomic E-state index is 0.0121. The lowest BCUT2D eigenvalue weighted by Gasteiger charge is -2.30. The van der Waals surface area contributed by atoms with Gasteiger partial charge in [0.1, 0.15) is 11.6 Å². The molecule has 1 fully saturated rings. The largest absolute Gasteiger partial charge is 0.299 e. The van der Waals surface area contributed by atoms with Gasteiger partial charge in [0.25, 0.3) is 0 Å². The number of halogens is 3. The predicted octanol–water partition coefficient (Wildman–Crippen LogP) is 2.82. The van der Waals surface area contributed by atoms with Crippen molar-refractivity contribution in [1.82, 2.24) is 4.90 Å². The van der Waals surface area contributed by atoms with E-state index in [4.69, 9.17) is 11.6 Å². The van der Waals surface area contributed by atoms with E-state index in [9.17, 15) is 8.78 Å². The molecule has 0 radical (unpaired) electrons. The number of rotatable bonds is 2. The molecule has 4 heteroatoms. The fourth-order valence-corrected chi connectivity index (χ4v) is 1.65. The van der Waals surface area contributed by atoms with Gasteiger partial charge in [-0.05, 0) is 31.6 Å². The maximum Gasteiger partial charge on any atom is 0.149 e.